The van der Waals surface area contributed by atoms with Crippen molar-refractivity contribution in [2.24, 2.45) is 0 Å². The summed E-state index contributed by atoms with van der Waals surface area (Å²) in [7, 11) is 2.16. The van der Waals surface area contributed by atoms with Gasteiger partial charge in [-0.25, -0.2) is 0 Å². The number of rotatable bonds is 5. The van der Waals surface area contributed by atoms with Crippen LogP contribution >= 0.6 is 0 Å². The third-order valence-corrected chi connectivity index (χ3v) is 3.79. The van der Waals surface area contributed by atoms with Gasteiger partial charge in [-0.3, -0.25) is 4.90 Å². The highest BCUT2D eigenvalue weighted by Gasteiger charge is 2.00. The molecule has 3 aromatic carbocycles. The van der Waals surface area contributed by atoms with Crippen molar-refractivity contribution in [3.05, 3.63) is 90.0 Å². The van der Waals surface area contributed by atoms with E-state index >= 15 is 0 Å². The van der Waals surface area contributed by atoms with E-state index in [0.29, 0.717) is 0 Å². The normalized spacial score (nSPS) is 11.5. The second-order valence-corrected chi connectivity index (χ2v) is 5.69. The highest BCUT2D eigenvalue weighted by Crippen LogP contribution is 2.16. The maximum Gasteiger partial charge on any atom is 0.0234 e. The molecule has 0 aliphatic rings. The molecule has 0 saturated carbocycles. The molecule has 22 heavy (non-hydrogen) atoms. The Morgan fingerprint density at radius 1 is 0.818 bits per heavy atom. The maximum absolute atomic E-state index is 2.32. The zero-order chi connectivity index (χ0) is 15.2. The predicted molar refractivity (Wildman–Crippen MR) is 95.8 cm³/mol. The summed E-state index contributed by atoms with van der Waals surface area (Å²) in [6, 6.07) is 25.7. The van der Waals surface area contributed by atoms with Crippen molar-refractivity contribution < 1.29 is 0 Å². The summed E-state index contributed by atoms with van der Waals surface area (Å²) in [5.41, 5.74) is 2.61. The standard InChI is InChI=1S/C21H21N/c1-22(15-7-10-18-8-3-2-4-9-18)17-19-13-14-20-11-5-6-12-21(20)16-19/h2-14,16H,15,17H2,1H3/b10-7+. The van der Waals surface area contributed by atoms with Gasteiger partial charge in [0, 0.05) is 13.1 Å². The molecule has 0 saturated heterocycles. The SMILES string of the molecule is CN(C/C=C/c1ccccc1)Cc1ccc2ccccc2c1. The summed E-state index contributed by atoms with van der Waals surface area (Å²) in [5, 5.41) is 2.62. The molecule has 0 N–H and O–H groups in total. The molecular formula is C21H21N. The van der Waals surface area contributed by atoms with Gasteiger partial charge in [-0.1, -0.05) is 78.9 Å². The van der Waals surface area contributed by atoms with Gasteiger partial charge < -0.3 is 0 Å². The molecule has 3 rings (SSSR count). The maximum atomic E-state index is 2.32. The van der Waals surface area contributed by atoms with Gasteiger partial charge in [0.2, 0.25) is 0 Å². The highest BCUT2D eigenvalue weighted by molar-refractivity contribution is 5.82. The molecule has 0 aromatic heterocycles. The Balaban J connectivity index is 1.60. The summed E-state index contributed by atoms with van der Waals surface area (Å²) in [6.07, 6.45) is 4.40. The Morgan fingerprint density at radius 2 is 1.55 bits per heavy atom. The van der Waals surface area contributed by atoms with Crippen LogP contribution in [0, 0.1) is 0 Å². The van der Waals surface area contributed by atoms with Crippen molar-refractivity contribution in [3.63, 3.8) is 0 Å². The number of hydrogen-bond donors (Lipinski definition) is 0. The fraction of sp³-hybridized carbons (Fsp3) is 0.143. The molecule has 1 nitrogen and oxygen atoms in total. The van der Waals surface area contributed by atoms with Crippen LogP contribution in [0.1, 0.15) is 11.1 Å². The minimum Gasteiger partial charge on any atom is -0.298 e. The third kappa shape index (κ3) is 3.84. The molecule has 0 spiro atoms. The molecule has 0 bridgehead atoms. The number of fused-ring (bicyclic) bond motifs is 1. The Kier molecular flexibility index (Phi) is 4.67. The van der Waals surface area contributed by atoms with E-state index in [0.717, 1.165) is 13.1 Å². The molecular weight excluding hydrogens is 266 g/mol. The van der Waals surface area contributed by atoms with Crippen molar-refractivity contribution in [1.82, 2.24) is 4.90 Å². The second-order valence-electron chi connectivity index (χ2n) is 5.69. The van der Waals surface area contributed by atoms with Crippen LogP contribution in [0.5, 0.6) is 0 Å². The predicted octanol–water partition coefficient (Wildman–Crippen LogP) is 4.99. The van der Waals surface area contributed by atoms with Crippen molar-refractivity contribution in [2.75, 3.05) is 13.6 Å². The van der Waals surface area contributed by atoms with Gasteiger partial charge in [-0.05, 0) is 35.0 Å². The number of hydrogen-bond acceptors (Lipinski definition) is 1. The minimum absolute atomic E-state index is 0.946. The molecule has 0 fully saturated rings. The lowest BCUT2D eigenvalue weighted by molar-refractivity contribution is 0.364. The number of benzene rings is 3. The Morgan fingerprint density at radius 3 is 2.36 bits per heavy atom. The first-order valence-electron chi connectivity index (χ1n) is 7.69. The fourth-order valence-corrected chi connectivity index (χ4v) is 2.65. The van der Waals surface area contributed by atoms with E-state index in [-0.39, 0.29) is 0 Å². The average Bonchev–Trinajstić information content (AvgIpc) is 2.56. The van der Waals surface area contributed by atoms with Gasteiger partial charge in [0.05, 0.1) is 0 Å². The van der Waals surface area contributed by atoms with E-state index in [1.165, 1.54) is 21.9 Å². The van der Waals surface area contributed by atoms with E-state index < -0.39 is 0 Å². The van der Waals surface area contributed by atoms with E-state index in [2.05, 4.69) is 90.8 Å². The molecule has 0 amide bonds. The zero-order valence-corrected chi connectivity index (χ0v) is 12.9. The van der Waals surface area contributed by atoms with E-state index in [9.17, 15) is 0 Å². The van der Waals surface area contributed by atoms with Gasteiger partial charge >= 0.3 is 0 Å². The molecule has 1 heteroatoms. The monoisotopic (exact) mass is 287 g/mol. The van der Waals surface area contributed by atoms with Gasteiger partial charge in [0.15, 0.2) is 0 Å². The molecule has 0 aliphatic heterocycles. The Hall–Kier alpha value is -2.38. The summed E-state index contributed by atoms with van der Waals surface area (Å²) in [5.74, 6) is 0. The van der Waals surface area contributed by atoms with Gasteiger partial charge in [-0.15, -0.1) is 0 Å². The molecule has 0 radical (unpaired) electrons. The lowest BCUT2D eigenvalue weighted by Gasteiger charge is -2.14. The topological polar surface area (TPSA) is 3.24 Å². The third-order valence-electron chi connectivity index (χ3n) is 3.79. The van der Waals surface area contributed by atoms with Crippen LogP contribution in [0.4, 0.5) is 0 Å². The molecule has 0 unspecified atom stereocenters. The Bertz CT molecular complexity index is 759. The molecule has 0 heterocycles. The minimum atomic E-state index is 0.946. The molecule has 3 aromatic rings. The van der Waals surface area contributed by atoms with E-state index in [1.807, 2.05) is 6.07 Å². The second kappa shape index (κ2) is 7.06. The average molecular weight is 287 g/mol. The smallest absolute Gasteiger partial charge is 0.0234 e. The van der Waals surface area contributed by atoms with Crippen LogP contribution in [-0.2, 0) is 6.54 Å². The van der Waals surface area contributed by atoms with Crippen LogP contribution in [0.3, 0.4) is 0 Å². The number of likely N-dealkylation sites (N-methyl/N-ethyl adjacent to an activating group) is 1. The van der Waals surface area contributed by atoms with E-state index in [4.69, 9.17) is 0 Å². The molecule has 0 aliphatic carbocycles. The summed E-state index contributed by atoms with van der Waals surface area (Å²) < 4.78 is 0. The Labute approximate surface area is 132 Å². The van der Waals surface area contributed by atoms with Gasteiger partial charge in [-0.2, -0.15) is 0 Å². The fourth-order valence-electron chi connectivity index (χ4n) is 2.65. The van der Waals surface area contributed by atoms with Crippen molar-refractivity contribution in [2.45, 2.75) is 6.54 Å². The van der Waals surface area contributed by atoms with Gasteiger partial charge in [0.1, 0.15) is 0 Å². The van der Waals surface area contributed by atoms with Crippen molar-refractivity contribution >= 4 is 16.8 Å². The lowest BCUT2D eigenvalue weighted by Crippen LogP contribution is -2.17. The lowest BCUT2D eigenvalue weighted by atomic mass is 10.1. The number of nitrogens with zero attached hydrogens (tertiary/aromatic N) is 1. The van der Waals surface area contributed by atoms with Crippen LogP contribution < -0.4 is 0 Å². The van der Waals surface area contributed by atoms with Crippen LogP contribution in [0.25, 0.3) is 16.8 Å². The molecule has 0 atom stereocenters. The zero-order valence-electron chi connectivity index (χ0n) is 12.9. The first-order valence-corrected chi connectivity index (χ1v) is 7.69. The largest absolute Gasteiger partial charge is 0.298 e. The first-order chi connectivity index (χ1) is 10.8. The van der Waals surface area contributed by atoms with E-state index in [1.54, 1.807) is 0 Å². The van der Waals surface area contributed by atoms with Crippen LogP contribution in [-0.4, -0.2) is 18.5 Å². The van der Waals surface area contributed by atoms with Crippen LogP contribution in [0.15, 0.2) is 78.9 Å². The highest BCUT2D eigenvalue weighted by atomic mass is 15.1. The van der Waals surface area contributed by atoms with Crippen molar-refractivity contribution in [1.29, 1.82) is 0 Å². The quantitative estimate of drug-likeness (QED) is 0.639. The molecule has 110 valence electrons. The summed E-state index contributed by atoms with van der Waals surface area (Å²) in [4.78, 5) is 2.32. The van der Waals surface area contributed by atoms with Gasteiger partial charge in [0.25, 0.3) is 0 Å². The first kappa shape index (κ1) is 14.6. The summed E-state index contributed by atoms with van der Waals surface area (Å²) >= 11 is 0. The van der Waals surface area contributed by atoms with Crippen molar-refractivity contribution in [3.8, 4) is 0 Å². The summed E-state index contributed by atoms with van der Waals surface area (Å²) in [6.45, 7) is 1.91. The van der Waals surface area contributed by atoms with Crippen LogP contribution in [0.2, 0.25) is 0 Å².